The summed E-state index contributed by atoms with van der Waals surface area (Å²) in [6.45, 7) is 2.08. The third-order valence-electron chi connectivity index (χ3n) is 5.66. The van der Waals surface area contributed by atoms with Crippen LogP contribution in [0, 0.1) is 6.92 Å². The van der Waals surface area contributed by atoms with Gasteiger partial charge < -0.3 is 4.90 Å². The Labute approximate surface area is 156 Å². The lowest BCUT2D eigenvalue weighted by Gasteiger charge is -2.31. The Morgan fingerprint density at radius 1 is 1.15 bits per heavy atom. The molecule has 5 heteroatoms. The number of benzene rings is 1. The minimum Gasteiger partial charge on any atom is -0.322 e. The molecule has 1 unspecified atom stereocenters. The molecule has 2 aromatic heterocycles. The normalized spacial score (nSPS) is 20.1. The number of aromatic nitrogens is 2. The van der Waals surface area contributed by atoms with Gasteiger partial charge in [0.2, 0.25) is 0 Å². The number of carbonyl (C=O) groups is 1. The standard InChI is InChI=1S/C21H21N3OS/c1-13-8-10-14(11-9-13)18-17-19(23-22-18)21(25)24(15-5-2-3-6-15)20(17)16-7-4-12-26-16/h4,7-12,15,20H,2-3,5-6H2,1H3,(H,22,23). The first kappa shape index (κ1) is 15.8. The summed E-state index contributed by atoms with van der Waals surface area (Å²) >= 11 is 1.72. The van der Waals surface area contributed by atoms with Crippen LogP contribution in [-0.2, 0) is 0 Å². The lowest BCUT2D eigenvalue weighted by atomic mass is 9.99. The van der Waals surface area contributed by atoms with Crippen LogP contribution in [0.2, 0.25) is 0 Å². The van der Waals surface area contributed by atoms with E-state index in [-0.39, 0.29) is 11.9 Å². The van der Waals surface area contributed by atoms with Crippen molar-refractivity contribution in [2.24, 2.45) is 0 Å². The van der Waals surface area contributed by atoms with Crippen LogP contribution in [0.1, 0.15) is 58.2 Å². The fourth-order valence-corrected chi connectivity index (χ4v) is 5.21. The van der Waals surface area contributed by atoms with Crippen molar-refractivity contribution in [2.75, 3.05) is 0 Å². The largest absolute Gasteiger partial charge is 0.322 e. The molecule has 1 fully saturated rings. The van der Waals surface area contributed by atoms with Crippen LogP contribution < -0.4 is 0 Å². The monoisotopic (exact) mass is 363 g/mol. The van der Waals surface area contributed by atoms with E-state index in [4.69, 9.17) is 0 Å². The van der Waals surface area contributed by atoms with Gasteiger partial charge in [-0.15, -0.1) is 11.3 Å². The summed E-state index contributed by atoms with van der Waals surface area (Å²) in [5, 5.41) is 9.69. The second kappa shape index (κ2) is 6.09. The van der Waals surface area contributed by atoms with Gasteiger partial charge >= 0.3 is 0 Å². The fraction of sp³-hybridized carbons (Fsp3) is 0.333. The first-order valence-electron chi connectivity index (χ1n) is 9.25. The number of H-pyrrole nitrogens is 1. The van der Waals surface area contributed by atoms with Crippen LogP contribution in [0.25, 0.3) is 11.3 Å². The first-order valence-corrected chi connectivity index (χ1v) is 10.1. The van der Waals surface area contributed by atoms with Crippen LogP contribution in [-0.4, -0.2) is 27.0 Å². The molecule has 2 aliphatic rings. The van der Waals surface area contributed by atoms with E-state index in [9.17, 15) is 4.79 Å². The second-order valence-electron chi connectivity index (χ2n) is 7.30. The van der Waals surface area contributed by atoms with E-state index in [0.29, 0.717) is 11.7 Å². The number of thiophene rings is 1. The fourth-order valence-electron chi connectivity index (χ4n) is 4.38. The minimum atomic E-state index is -0.0179. The van der Waals surface area contributed by atoms with Gasteiger partial charge in [0, 0.05) is 22.0 Å². The van der Waals surface area contributed by atoms with Crippen molar-refractivity contribution >= 4 is 17.2 Å². The molecular formula is C21H21N3OS. The number of hydrogen-bond donors (Lipinski definition) is 1. The van der Waals surface area contributed by atoms with Gasteiger partial charge in [-0.05, 0) is 31.2 Å². The lowest BCUT2D eigenvalue weighted by Crippen LogP contribution is -2.37. The highest BCUT2D eigenvalue weighted by Crippen LogP contribution is 2.47. The molecule has 0 spiro atoms. The van der Waals surface area contributed by atoms with Gasteiger partial charge in [0.15, 0.2) is 0 Å². The molecule has 1 N–H and O–H groups in total. The van der Waals surface area contributed by atoms with Crippen LogP contribution in [0.15, 0.2) is 41.8 Å². The van der Waals surface area contributed by atoms with Crippen molar-refractivity contribution in [3.05, 3.63) is 63.5 Å². The molecule has 0 saturated heterocycles. The van der Waals surface area contributed by atoms with E-state index in [0.717, 1.165) is 29.7 Å². The molecule has 1 atom stereocenters. The van der Waals surface area contributed by atoms with Crippen molar-refractivity contribution < 1.29 is 4.79 Å². The number of carbonyl (C=O) groups excluding carboxylic acids is 1. The highest BCUT2D eigenvalue weighted by molar-refractivity contribution is 7.10. The third kappa shape index (κ3) is 2.34. The Bertz CT molecular complexity index is 936. The number of amides is 1. The molecule has 0 radical (unpaired) electrons. The highest BCUT2D eigenvalue weighted by atomic mass is 32.1. The maximum Gasteiger partial charge on any atom is 0.273 e. The lowest BCUT2D eigenvalue weighted by molar-refractivity contribution is 0.0663. The van der Waals surface area contributed by atoms with Gasteiger partial charge in [-0.2, -0.15) is 5.10 Å². The van der Waals surface area contributed by atoms with Gasteiger partial charge in [0.05, 0.1) is 11.7 Å². The molecule has 1 aliphatic heterocycles. The Morgan fingerprint density at radius 2 is 1.92 bits per heavy atom. The molecule has 1 aromatic carbocycles. The van der Waals surface area contributed by atoms with Crippen molar-refractivity contribution in [2.45, 2.75) is 44.7 Å². The van der Waals surface area contributed by atoms with Crippen LogP contribution in [0.3, 0.4) is 0 Å². The molecule has 3 heterocycles. The number of aromatic amines is 1. The molecule has 5 rings (SSSR count). The second-order valence-corrected chi connectivity index (χ2v) is 8.27. The molecule has 26 heavy (non-hydrogen) atoms. The van der Waals surface area contributed by atoms with E-state index in [2.05, 4.69) is 63.8 Å². The zero-order valence-corrected chi connectivity index (χ0v) is 15.6. The summed E-state index contributed by atoms with van der Waals surface area (Å²) < 4.78 is 0. The SMILES string of the molecule is Cc1ccc(-c2n[nH]c3c2C(c2cccs2)N(C2CCCC2)C3=O)cc1. The molecule has 3 aromatic rings. The van der Waals surface area contributed by atoms with E-state index >= 15 is 0 Å². The molecular weight excluding hydrogens is 342 g/mol. The summed E-state index contributed by atoms with van der Waals surface area (Å²) in [4.78, 5) is 16.6. The van der Waals surface area contributed by atoms with Gasteiger partial charge in [0.1, 0.15) is 5.69 Å². The third-order valence-corrected chi connectivity index (χ3v) is 6.58. The average Bonchev–Trinajstić information content (AvgIpc) is 3.42. The predicted octanol–water partition coefficient (Wildman–Crippen LogP) is 4.93. The average molecular weight is 363 g/mol. The number of nitrogens with one attached hydrogen (secondary N) is 1. The Kier molecular flexibility index (Phi) is 3.71. The van der Waals surface area contributed by atoms with Crippen LogP contribution in [0.4, 0.5) is 0 Å². The van der Waals surface area contributed by atoms with Crippen molar-refractivity contribution in [3.63, 3.8) is 0 Å². The van der Waals surface area contributed by atoms with Gasteiger partial charge in [-0.1, -0.05) is 48.7 Å². The number of aryl methyl sites for hydroxylation is 1. The molecule has 1 saturated carbocycles. The molecule has 1 aliphatic carbocycles. The van der Waals surface area contributed by atoms with Crippen molar-refractivity contribution in [3.8, 4) is 11.3 Å². The summed E-state index contributed by atoms with van der Waals surface area (Å²) in [5.74, 6) is 0.108. The van der Waals surface area contributed by atoms with E-state index in [1.807, 2.05) is 0 Å². The smallest absolute Gasteiger partial charge is 0.273 e. The summed E-state index contributed by atoms with van der Waals surface area (Å²) in [6.07, 6.45) is 4.63. The molecule has 1 amide bonds. The molecule has 4 nitrogen and oxygen atoms in total. The molecule has 132 valence electrons. The number of hydrogen-bond acceptors (Lipinski definition) is 3. The Balaban J connectivity index is 1.66. The van der Waals surface area contributed by atoms with Crippen LogP contribution in [0.5, 0.6) is 0 Å². The summed E-state index contributed by atoms with van der Waals surface area (Å²) in [5.41, 5.74) is 4.92. The van der Waals surface area contributed by atoms with Gasteiger partial charge in [-0.25, -0.2) is 0 Å². The van der Waals surface area contributed by atoms with E-state index in [1.165, 1.54) is 23.3 Å². The van der Waals surface area contributed by atoms with Crippen LogP contribution >= 0.6 is 11.3 Å². The van der Waals surface area contributed by atoms with E-state index < -0.39 is 0 Å². The highest BCUT2D eigenvalue weighted by Gasteiger charge is 2.46. The summed E-state index contributed by atoms with van der Waals surface area (Å²) in [6, 6.07) is 12.9. The zero-order chi connectivity index (χ0) is 17.7. The minimum absolute atomic E-state index is 0.0179. The summed E-state index contributed by atoms with van der Waals surface area (Å²) in [7, 11) is 0. The number of rotatable bonds is 3. The van der Waals surface area contributed by atoms with E-state index in [1.54, 1.807) is 11.3 Å². The zero-order valence-electron chi connectivity index (χ0n) is 14.7. The maximum absolute atomic E-state index is 13.2. The predicted molar refractivity (Wildman–Crippen MR) is 103 cm³/mol. The quantitative estimate of drug-likeness (QED) is 0.717. The maximum atomic E-state index is 13.2. The molecule has 0 bridgehead atoms. The topological polar surface area (TPSA) is 49.0 Å². The van der Waals surface area contributed by atoms with Crippen molar-refractivity contribution in [1.82, 2.24) is 15.1 Å². The first-order chi connectivity index (χ1) is 12.7. The Hall–Kier alpha value is -2.40. The number of fused-ring (bicyclic) bond motifs is 1. The number of nitrogens with zero attached hydrogens (tertiary/aromatic N) is 2. The Morgan fingerprint density at radius 3 is 2.62 bits per heavy atom. The van der Waals surface area contributed by atoms with Gasteiger partial charge in [0.25, 0.3) is 5.91 Å². The van der Waals surface area contributed by atoms with Crippen molar-refractivity contribution in [1.29, 1.82) is 0 Å². The van der Waals surface area contributed by atoms with Gasteiger partial charge in [-0.3, -0.25) is 9.89 Å².